The number of pyridine rings is 1. The van der Waals surface area contributed by atoms with Crippen LogP contribution >= 0.6 is 0 Å². The lowest BCUT2D eigenvalue weighted by Gasteiger charge is -2.32. The van der Waals surface area contributed by atoms with E-state index in [1.165, 1.54) is 0 Å². The van der Waals surface area contributed by atoms with Crippen LogP contribution in [-0.4, -0.2) is 64.8 Å². The van der Waals surface area contributed by atoms with E-state index in [1.807, 2.05) is 47.5 Å². The summed E-state index contributed by atoms with van der Waals surface area (Å²) in [6.45, 7) is 3.45. The molecule has 3 aromatic rings. The van der Waals surface area contributed by atoms with Gasteiger partial charge in [-0.15, -0.1) is 0 Å². The molecule has 31 heavy (non-hydrogen) atoms. The monoisotopic (exact) mass is 417 g/mol. The van der Waals surface area contributed by atoms with Gasteiger partial charge in [-0.1, -0.05) is 24.3 Å². The highest BCUT2D eigenvalue weighted by atomic mass is 16.2. The van der Waals surface area contributed by atoms with E-state index >= 15 is 0 Å². The third kappa shape index (κ3) is 4.32. The van der Waals surface area contributed by atoms with Crippen LogP contribution in [0.3, 0.4) is 0 Å². The number of likely N-dealkylation sites (N-methyl/N-ethyl adjacent to an activating group) is 1. The minimum Gasteiger partial charge on any atom is -0.346 e. The standard InChI is InChI=1S/C24H27N5O2/c1-28-10-12-29(13-11-28)22(30)14-16-2-4-17(5-3-16)20-15-21(27-24(31)18-6-7-18)26-23-19(20)8-9-25-23/h2-5,8-9,15,18H,6-7,10-14H2,1H3,(H2,25,26,27,31). The first kappa shape index (κ1) is 19.8. The highest BCUT2D eigenvalue weighted by molar-refractivity contribution is 5.99. The highest BCUT2D eigenvalue weighted by Gasteiger charge is 2.30. The van der Waals surface area contributed by atoms with E-state index in [-0.39, 0.29) is 17.7 Å². The summed E-state index contributed by atoms with van der Waals surface area (Å²) in [5, 5.41) is 3.95. The summed E-state index contributed by atoms with van der Waals surface area (Å²) in [5.41, 5.74) is 3.80. The van der Waals surface area contributed by atoms with Crippen molar-refractivity contribution in [3.05, 3.63) is 48.2 Å². The Kier molecular flexibility index (Phi) is 5.19. The number of fused-ring (bicyclic) bond motifs is 1. The number of hydrogen-bond donors (Lipinski definition) is 2. The maximum atomic E-state index is 12.6. The molecule has 0 unspecified atom stereocenters. The van der Waals surface area contributed by atoms with E-state index in [4.69, 9.17) is 0 Å². The Balaban J connectivity index is 1.34. The molecular weight excluding hydrogens is 390 g/mol. The number of amides is 2. The van der Waals surface area contributed by atoms with Crippen LogP contribution in [0.1, 0.15) is 18.4 Å². The number of nitrogens with one attached hydrogen (secondary N) is 2. The fourth-order valence-corrected chi connectivity index (χ4v) is 4.06. The van der Waals surface area contributed by atoms with Gasteiger partial charge >= 0.3 is 0 Å². The van der Waals surface area contributed by atoms with Gasteiger partial charge in [-0.2, -0.15) is 0 Å². The molecule has 5 rings (SSSR count). The van der Waals surface area contributed by atoms with Crippen molar-refractivity contribution in [2.24, 2.45) is 5.92 Å². The summed E-state index contributed by atoms with van der Waals surface area (Å²) in [4.78, 5) is 36.7. The fraction of sp³-hybridized carbons (Fsp3) is 0.375. The van der Waals surface area contributed by atoms with Crippen molar-refractivity contribution in [2.45, 2.75) is 19.3 Å². The molecule has 1 saturated heterocycles. The summed E-state index contributed by atoms with van der Waals surface area (Å²) in [7, 11) is 2.09. The largest absolute Gasteiger partial charge is 0.346 e. The predicted octanol–water partition coefficient (Wildman–Crippen LogP) is 2.89. The molecule has 0 atom stereocenters. The molecule has 1 aliphatic carbocycles. The minimum absolute atomic E-state index is 0.0436. The lowest BCUT2D eigenvalue weighted by atomic mass is 10.0. The molecule has 160 valence electrons. The Hall–Kier alpha value is -3.19. The van der Waals surface area contributed by atoms with Crippen LogP contribution in [0.25, 0.3) is 22.2 Å². The molecule has 0 bridgehead atoms. The number of hydrogen-bond acceptors (Lipinski definition) is 4. The van der Waals surface area contributed by atoms with E-state index in [9.17, 15) is 9.59 Å². The van der Waals surface area contributed by atoms with Gasteiger partial charge in [-0.25, -0.2) is 4.98 Å². The lowest BCUT2D eigenvalue weighted by molar-refractivity contribution is -0.132. The first-order valence-electron chi connectivity index (χ1n) is 10.9. The number of aromatic amines is 1. The number of piperazine rings is 1. The van der Waals surface area contributed by atoms with Crippen LogP contribution in [-0.2, 0) is 16.0 Å². The Morgan fingerprint density at radius 1 is 1.10 bits per heavy atom. The minimum atomic E-state index is 0.0436. The van der Waals surface area contributed by atoms with Gasteiger partial charge in [0.15, 0.2) is 0 Å². The number of carbonyl (C=O) groups excluding carboxylic acids is 2. The molecule has 1 aliphatic heterocycles. The predicted molar refractivity (Wildman–Crippen MR) is 121 cm³/mol. The van der Waals surface area contributed by atoms with Crippen molar-refractivity contribution in [1.82, 2.24) is 19.8 Å². The highest BCUT2D eigenvalue weighted by Crippen LogP contribution is 2.33. The topological polar surface area (TPSA) is 81.3 Å². The van der Waals surface area contributed by atoms with Crippen molar-refractivity contribution in [3.63, 3.8) is 0 Å². The third-order valence-electron chi connectivity index (χ3n) is 6.20. The zero-order valence-electron chi connectivity index (χ0n) is 17.7. The third-order valence-corrected chi connectivity index (χ3v) is 6.20. The molecule has 2 N–H and O–H groups in total. The second-order valence-electron chi connectivity index (χ2n) is 8.62. The van der Waals surface area contributed by atoms with Gasteiger partial charge in [0.1, 0.15) is 11.5 Å². The maximum absolute atomic E-state index is 12.6. The summed E-state index contributed by atoms with van der Waals surface area (Å²) in [5.74, 6) is 0.919. The number of benzene rings is 1. The van der Waals surface area contributed by atoms with Gasteiger partial charge in [0.25, 0.3) is 0 Å². The summed E-state index contributed by atoms with van der Waals surface area (Å²) in [6, 6.07) is 12.0. The van der Waals surface area contributed by atoms with E-state index in [2.05, 4.69) is 27.2 Å². The van der Waals surface area contributed by atoms with Gasteiger partial charge in [-0.3, -0.25) is 9.59 Å². The van der Waals surface area contributed by atoms with Crippen molar-refractivity contribution in [1.29, 1.82) is 0 Å². The first-order valence-corrected chi connectivity index (χ1v) is 10.9. The quantitative estimate of drug-likeness (QED) is 0.669. The van der Waals surface area contributed by atoms with Crippen LogP contribution < -0.4 is 5.32 Å². The smallest absolute Gasteiger partial charge is 0.228 e. The average Bonchev–Trinajstić information content (AvgIpc) is 3.52. The molecule has 2 fully saturated rings. The van der Waals surface area contributed by atoms with E-state index in [0.29, 0.717) is 12.2 Å². The zero-order chi connectivity index (χ0) is 21.4. The Morgan fingerprint density at radius 3 is 2.55 bits per heavy atom. The normalized spacial score (nSPS) is 17.1. The molecule has 1 aromatic carbocycles. The van der Waals surface area contributed by atoms with Crippen molar-refractivity contribution in [3.8, 4) is 11.1 Å². The first-order chi connectivity index (χ1) is 15.1. The molecule has 2 amide bonds. The Labute approximate surface area is 181 Å². The van der Waals surface area contributed by atoms with Crippen LogP contribution in [0.2, 0.25) is 0 Å². The van der Waals surface area contributed by atoms with Gasteiger partial charge in [-0.05, 0) is 48.7 Å². The van der Waals surface area contributed by atoms with Crippen LogP contribution in [0.5, 0.6) is 0 Å². The van der Waals surface area contributed by atoms with E-state index in [0.717, 1.165) is 66.7 Å². The Morgan fingerprint density at radius 2 is 1.84 bits per heavy atom. The molecule has 2 aromatic heterocycles. The zero-order valence-corrected chi connectivity index (χ0v) is 17.7. The second kappa shape index (κ2) is 8.15. The molecule has 1 saturated carbocycles. The number of H-pyrrole nitrogens is 1. The maximum Gasteiger partial charge on any atom is 0.228 e. The molecule has 0 radical (unpaired) electrons. The van der Waals surface area contributed by atoms with Crippen molar-refractivity contribution >= 4 is 28.7 Å². The van der Waals surface area contributed by atoms with Gasteiger partial charge < -0.3 is 20.1 Å². The summed E-state index contributed by atoms with van der Waals surface area (Å²) in [6.07, 6.45) is 4.19. The van der Waals surface area contributed by atoms with Gasteiger partial charge in [0.05, 0.1) is 6.42 Å². The van der Waals surface area contributed by atoms with E-state index < -0.39 is 0 Å². The molecule has 3 heterocycles. The summed E-state index contributed by atoms with van der Waals surface area (Å²) < 4.78 is 0. The van der Waals surface area contributed by atoms with Crippen molar-refractivity contribution in [2.75, 3.05) is 38.5 Å². The molecule has 0 spiro atoms. The van der Waals surface area contributed by atoms with E-state index in [1.54, 1.807) is 0 Å². The number of aromatic nitrogens is 2. The van der Waals surface area contributed by atoms with Crippen LogP contribution in [0.15, 0.2) is 42.6 Å². The molecule has 7 heteroatoms. The molecule has 7 nitrogen and oxygen atoms in total. The van der Waals surface area contributed by atoms with Gasteiger partial charge in [0.2, 0.25) is 11.8 Å². The van der Waals surface area contributed by atoms with Crippen LogP contribution in [0, 0.1) is 5.92 Å². The van der Waals surface area contributed by atoms with Crippen LogP contribution in [0.4, 0.5) is 5.82 Å². The van der Waals surface area contributed by atoms with Gasteiger partial charge in [0, 0.05) is 43.7 Å². The average molecular weight is 418 g/mol. The number of anilines is 1. The fourth-order valence-electron chi connectivity index (χ4n) is 4.06. The number of carbonyl (C=O) groups is 2. The molecule has 2 aliphatic rings. The molecular formula is C24H27N5O2. The number of nitrogens with zero attached hydrogens (tertiary/aromatic N) is 3. The van der Waals surface area contributed by atoms with Crippen molar-refractivity contribution < 1.29 is 9.59 Å². The lowest BCUT2D eigenvalue weighted by Crippen LogP contribution is -2.47. The second-order valence-corrected chi connectivity index (χ2v) is 8.62. The summed E-state index contributed by atoms with van der Waals surface area (Å²) >= 11 is 0. The Bertz CT molecular complexity index is 1110. The number of rotatable bonds is 5. The SMILES string of the molecule is CN1CCN(C(=O)Cc2ccc(-c3cc(NC(=O)C4CC4)nc4[nH]ccc34)cc2)CC1.